The number of nitrogens with zero attached hydrogens (tertiary/aromatic N) is 2. The SMILES string of the molecule is CN(CCOc1ccc(CC2SC(=O)NC2=O)cc1)c1ccccn1.O=C(O)C(F)(F)F. The fraction of sp³-hybridized carbons (Fsp3) is 0.300. The summed E-state index contributed by atoms with van der Waals surface area (Å²) < 4.78 is 37.5. The number of carboxylic acids is 1. The third-order valence-electron chi connectivity index (χ3n) is 4.09. The van der Waals surface area contributed by atoms with Gasteiger partial charge in [-0.15, -0.1) is 0 Å². The van der Waals surface area contributed by atoms with Crippen molar-refractivity contribution < 1.29 is 37.4 Å². The molecule has 1 atom stereocenters. The zero-order valence-electron chi connectivity index (χ0n) is 16.8. The highest BCUT2D eigenvalue weighted by atomic mass is 32.2. The molecule has 0 bridgehead atoms. The van der Waals surface area contributed by atoms with Gasteiger partial charge in [-0.1, -0.05) is 30.0 Å². The monoisotopic (exact) mass is 471 g/mol. The lowest BCUT2D eigenvalue weighted by Crippen LogP contribution is -2.25. The average Bonchev–Trinajstić information content (AvgIpc) is 3.06. The number of carbonyl (C=O) groups excluding carboxylic acids is 2. The van der Waals surface area contributed by atoms with Crippen LogP contribution in [0.5, 0.6) is 5.75 Å². The van der Waals surface area contributed by atoms with E-state index in [1.54, 1.807) is 6.20 Å². The van der Waals surface area contributed by atoms with Crippen molar-refractivity contribution in [1.29, 1.82) is 0 Å². The molecule has 8 nitrogen and oxygen atoms in total. The summed E-state index contributed by atoms with van der Waals surface area (Å²) in [6.45, 7) is 1.27. The van der Waals surface area contributed by atoms with E-state index in [0.29, 0.717) is 13.0 Å². The van der Waals surface area contributed by atoms with Crippen molar-refractivity contribution in [2.24, 2.45) is 0 Å². The number of hydrogen-bond acceptors (Lipinski definition) is 7. The lowest BCUT2D eigenvalue weighted by Gasteiger charge is -2.18. The van der Waals surface area contributed by atoms with Gasteiger partial charge >= 0.3 is 12.1 Å². The number of nitrogens with one attached hydrogen (secondary N) is 1. The van der Waals surface area contributed by atoms with Gasteiger partial charge in [0.25, 0.3) is 5.24 Å². The van der Waals surface area contributed by atoms with Crippen LogP contribution in [-0.4, -0.2) is 58.8 Å². The summed E-state index contributed by atoms with van der Waals surface area (Å²) >= 11 is 1.05. The number of likely N-dealkylation sites (N-methyl/N-ethyl adjacent to an activating group) is 1. The molecule has 2 amide bonds. The van der Waals surface area contributed by atoms with Crippen LogP contribution in [0, 0.1) is 0 Å². The lowest BCUT2D eigenvalue weighted by molar-refractivity contribution is -0.192. The number of carboxylic acid groups (broad SMARTS) is 1. The zero-order valence-corrected chi connectivity index (χ0v) is 17.7. The maximum absolute atomic E-state index is 11.6. The predicted octanol–water partition coefficient (Wildman–Crippen LogP) is 3.12. The third kappa shape index (κ3) is 8.10. The lowest BCUT2D eigenvalue weighted by atomic mass is 10.1. The molecule has 12 heteroatoms. The summed E-state index contributed by atoms with van der Waals surface area (Å²) in [7, 11) is 1.97. The summed E-state index contributed by atoms with van der Waals surface area (Å²) in [6, 6.07) is 13.4. The maximum Gasteiger partial charge on any atom is 0.490 e. The number of hydrogen-bond donors (Lipinski definition) is 2. The number of benzene rings is 1. The Bertz CT molecular complexity index is 926. The number of ether oxygens (including phenoxy) is 1. The predicted molar refractivity (Wildman–Crippen MR) is 112 cm³/mol. The molecule has 2 N–H and O–H groups in total. The molecular formula is C20H20F3N3O5S. The van der Waals surface area contributed by atoms with Crippen LogP contribution < -0.4 is 15.0 Å². The molecule has 32 heavy (non-hydrogen) atoms. The molecule has 0 spiro atoms. The number of imide groups is 1. The minimum Gasteiger partial charge on any atom is -0.492 e. The number of halogens is 3. The summed E-state index contributed by atoms with van der Waals surface area (Å²) in [4.78, 5) is 38.0. The standard InChI is InChI=1S/C18H19N3O3S.C2HF3O2/c1-21(16-4-2-3-9-19-16)10-11-24-14-7-5-13(6-8-14)12-15-17(22)20-18(23)25-15;3-2(4,5)1(6)7/h2-9,15H,10-12H2,1H3,(H,20,22,23);(H,6,7). The number of pyridine rings is 1. The summed E-state index contributed by atoms with van der Waals surface area (Å²) in [5.41, 5.74) is 1.00. The molecule has 172 valence electrons. The fourth-order valence-electron chi connectivity index (χ4n) is 2.46. The minimum atomic E-state index is -5.08. The molecular weight excluding hydrogens is 451 g/mol. The Kier molecular flexibility index (Phi) is 8.88. The Morgan fingerprint density at radius 2 is 1.88 bits per heavy atom. The van der Waals surface area contributed by atoms with Crippen LogP contribution in [0.2, 0.25) is 0 Å². The fourth-order valence-corrected chi connectivity index (χ4v) is 3.32. The highest BCUT2D eigenvalue weighted by Crippen LogP contribution is 2.24. The van der Waals surface area contributed by atoms with E-state index >= 15 is 0 Å². The van der Waals surface area contributed by atoms with Crippen LogP contribution in [0.4, 0.5) is 23.8 Å². The number of aromatic nitrogens is 1. The number of alkyl halides is 3. The van der Waals surface area contributed by atoms with E-state index in [2.05, 4.69) is 10.3 Å². The van der Waals surface area contributed by atoms with E-state index in [0.717, 1.165) is 35.4 Å². The first-order valence-corrected chi connectivity index (χ1v) is 10.1. The molecule has 0 radical (unpaired) electrons. The Hall–Kier alpha value is -3.28. The Morgan fingerprint density at radius 3 is 2.38 bits per heavy atom. The second kappa shape index (κ2) is 11.4. The smallest absolute Gasteiger partial charge is 0.490 e. The molecule has 1 aliphatic heterocycles. The average molecular weight is 471 g/mol. The van der Waals surface area contributed by atoms with Crippen LogP contribution in [0.3, 0.4) is 0 Å². The molecule has 1 aliphatic rings. The second-order valence-electron chi connectivity index (χ2n) is 6.49. The molecule has 1 saturated heterocycles. The molecule has 1 aromatic heterocycles. The first-order valence-electron chi connectivity index (χ1n) is 9.21. The van der Waals surface area contributed by atoms with Gasteiger partial charge in [-0.05, 0) is 36.2 Å². The van der Waals surface area contributed by atoms with Gasteiger partial charge in [-0.25, -0.2) is 9.78 Å². The van der Waals surface area contributed by atoms with E-state index in [-0.39, 0.29) is 16.4 Å². The highest BCUT2D eigenvalue weighted by Gasteiger charge is 2.38. The Morgan fingerprint density at radius 1 is 1.22 bits per heavy atom. The zero-order chi connectivity index (χ0) is 23.7. The van der Waals surface area contributed by atoms with E-state index in [1.165, 1.54) is 0 Å². The summed E-state index contributed by atoms with van der Waals surface area (Å²) in [5.74, 6) is -1.29. The normalized spacial score (nSPS) is 15.4. The van der Waals surface area contributed by atoms with Crippen molar-refractivity contribution in [2.75, 3.05) is 25.1 Å². The van der Waals surface area contributed by atoms with Gasteiger partial charge < -0.3 is 14.7 Å². The van der Waals surface area contributed by atoms with Crippen molar-refractivity contribution in [2.45, 2.75) is 17.8 Å². The van der Waals surface area contributed by atoms with Gasteiger partial charge in [0, 0.05) is 13.2 Å². The first-order chi connectivity index (χ1) is 15.1. The summed E-state index contributed by atoms with van der Waals surface area (Å²) in [5, 5.41) is 8.81. The van der Waals surface area contributed by atoms with Crippen LogP contribution >= 0.6 is 11.8 Å². The van der Waals surface area contributed by atoms with E-state index in [4.69, 9.17) is 14.6 Å². The van der Waals surface area contributed by atoms with Gasteiger partial charge in [-0.2, -0.15) is 13.2 Å². The topological polar surface area (TPSA) is 109 Å². The van der Waals surface area contributed by atoms with Crippen LogP contribution in [0.25, 0.3) is 0 Å². The highest BCUT2D eigenvalue weighted by molar-refractivity contribution is 8.15. The molecule has 0 saturated carbocycles. The number of anilines is 1. The van der Waals surface area contributed by atoms with Gasteiger partial charge in [0.1, 0.15) is 18.2 Å². The maximum atomic E-state index is 11.6. The largest absolute Gasteiger partial charge is 0.492 e. The van der Waals surface area contributed by atoms with Gasteiger partial charge in [0.2, 0.25) is 5.91 Å². The van der Waals surface area contributed by atoms with Crippen LogP contribution in [0.15, 0.2) is 48.7 Å². The molecule has 2 heterocycles. The number of thioether (sulfide) groups is 1. The van der Waals surface area contributed by atoms with Crippen molar-refractivity contribution in [1.82, 2.24) is 10.3 Å². The van der Waals surface area contributed by atoms with Gasteiger partial charge in [0.15, 0.2) is 0 Å². The number of aliphatic carboxylic acids is 1. The first kappa shape index (κ1) is 25.0. The Balaban J connectivity index is 0.000000451. The molecule has 3 rings (SSSR count). The quantitative estimate of drug-likeness (QED) is 0.634. The van der Waals surface area contributed by atoms with Crippen LogP contribution in [0.1, 0.15) is 5.56 Å². The number of rotatable bonds is 7. The number of amides is 2. The second-order valence-corrected chi connectivity index (χ2v) is 7.67. The van der Waals surface area contributed by atoms with E-state index in [1.807, 2.05) is 54.4 Å². The molecule has 1 fully saturated rings. The van der Waals surface area contributed by atoms with Gasteiger partial charge in [0.05, 0.1) is 11.8 Å². The Labute approximate surface area is 185 Å². The van der Waals surface area contributed by atoms with Crippen molar-refractivity contribution in [3.8, 4) is 5.75 Å². The van der Waals surface area contributed by atoms with Crippen LogP contribution in [-0.2, 0) is 16.0 Å². The molecule has 2 aromatic rings. The molecule has 1 unspecified atom stereocenters. The van der Waals surface area contributed by atoms with Crippen molar-refractivity contribution in [3.63, 3.8) is 0 Å². The third-order valence-corrected chi connectivity index (χ3v) is 5.07. The van der Waals surface area contributed by atoms with Crippen molar-refractivity contribution in [3.05, 3.63) is 54.2 Å². The molecule has 1 aromatic carbocycles. The van der Waals surface area contributed by atoms with E-state index in [9.17, 15) is 22.8 Å². The van der Waals surface area contributed by atoms with Gasteiger partial charge in [-0.3, -0.25) is 14.9 Å². The summed E-state index contributed by atoms with van der Waals surface area (Å²) in [6.07, 6.45) is -2.78. The minimum absolute atomic E-state index is 0.215. The van der Waals surface area contributed by atoms with Crippen molar-refractivity contribution >= 4 is 34.7 Å². The number of carbonyl (C=O) groups is 3. The van der Waals surface area contributed by atoms with E-state index < -0.39 is 12.1 Å². The molecule has 0 aliphatic carbocycles.